The Morgan fingerprint density at radius 2 is 1.74 bits per heavy atom. The van der Waals surface area contributed by atoms with Crippen LogP contribution in [0.3, 0.4) is 0 Å². The SMILES string of the molecule is CC(N)(Cc1ccc(F)c(Cl)c1)c1ccc(Cl)cc1. The molecule has 0 heterocycles. The van der Waals surface area contributed by atoms with E-state index >= 15 is 0 Å². The number of hydrogen-bond donors (Lipinski definition) is 1. The quantitative estimate of drug-likeness (QED) is 0.884. The van der Waals surface area contributed by atoms with Crippen molar-refractivity contribution in [3.8, 4) is 0 Å². The molecule has 2 N–H and O–H groups in total. The number of halogens is 3. The molecule has 0 bridgehead atoms. The molecule has 100 valence electrons. The van der Waals surface area contributed by atoms with Gasteiger partial charge in [-0.25, -0.2) is 4.39 Å². The van der Waals surface area contributed by atoms with Crippen LogP contribution in [0.1, 0.15) is 18.1 Å². The van der Waals surface area contributed by atoms with Crippen LogP contribution in [0.4, 0.5) is 4.39 Å². The van der Waals surface area contributed by atoms with Crippen molar-refractivity contribution >= 4 is 23.2 Å². The van der Waals surface area contributed by atoms with Gasteiger partial charge in [0.1, 0.15) is 5.82 Å². The third kappa shape index (κ3) is 3.47. The Kier molecular flexibility index (Phi) is 4.14. The highest BCUT2D eigenvalue weighted by molar-refractivity contribution is 6.31. The van der Waals surface area contributed by atoms with E-state index in [4.69, 9.17) is 28.9 Å². The van der Waals surface area contributed by atoms with Crippen LogP contribution < -0.4 is 5.73 Å². The topological polar surface area (TPSA) is 26.0 Å². The number of nitrogens with two attached hydrogens (primary N) is 1. The highest BCUT2D eigenvalue weighted by atomic mass is 35.5. The van der Waals surface area contributed by atoms with Gasteiger partial charge in [-0.05, 0) is 48.7 Å². The van der Waals surface area contributed by atoms with Crippen LogP contribution in [0.15, 0.2) is 42.5 Å². The van der Waals surface area contributed by atoms with Crippen molar-refractivity contribution in [2.45, 2.75) is 18.9 Å². The summed E-state index contributed by atoms with van der Waals surface area (Å²) in [4.78, 5) is 0. The van der Waals surface area contributed by atoms with E-state index in [1.807, 2.05) is 19.1 Å². The molecule has 19 heavy (non-hydrogen) atoms. The van der Waals surface area contributed by atoms with E-state index in [9.17, 15) is 4.39 Å². The Morgan fingerprint density at radius 3 is 2.32 bits per heavy atom. The third-order valence-corrected chi connectivity index (χ3v) is 3.60. The zero-order valence-electron chi connectivity index (χ0n) is 10.5. The lowest BCUT2D eigenvalue weighted by Gasteiger charge is -2.25. The van der Waals surface area contributed by atoms with Gasteiger partial charge in [0, 0.05) is 10.6 Å². The van der Waals surface area contributed by atoms with E-state index < -0.39 is 11.4 Å². The Balaban J connectivity index is 2.25. The van der Waals surface area contributed by atoms with Gasteiger partial charge in [-0.2, -0.15) is 0 Å². The second kappa shape index (κ2) is 5.49. The summed E-state index contributed by atoms with van der Waals surface area (Å²) in [5.74, 6) is -0.421. The van der Waals surface area contributed by atoms with E-state index in [1.54, 1.807) is 24.3 Å². The lowest BCUT2D eigenvalue weighted by atomic mass is 9.87. The van der Waals surface area contributed by atoms with Crippen molar-refractivity contribution in [2.24, 2.45) is 5.73 Å². The highest BCUT2D eigenvalue weighted by Crippen LogP contribution is 2.26. The van der Waals surface area contributed by atoms with Gasteiger partial charge in [-0.3, -0.25) is 0 Å². The fraction of sp³-hybridized carbons (Fsp3) is 0.200. The number of rotatable bonds is 3. The summed E-state index contributed by atoms with van der Waals surface area (Å²) in [5.41, 5.74) is 7.63. The average molecular weight is 298 g/mol. The van der Waals surface area contributed by atoms with Crippen molar-refractivity contribution in [3.63, 3.8) is 0 Å². The van der Waals surface area contributed by atoms with E-state index in [0.717, 1.165) is 11.1 Å². The van der Waals surface area contributed by atoms with Gasteiger partial charge < -0.3 is 5.73 Å². The zero-order valence-corrected chi connectivity index (χ0v) is 12.0. The normalized spacial score (nSPS) is 14.2. The smallest absolute Gasteiger partial charge is 0.141 e. The molecule has 1 unspecified atom stereocenters. The molecule has 1 nitrogen and oxygen atoms in total. The largest absolute Gasteiger partial charge is 0.321 e. The van der Waals surface area contributed by atoms with Crippen molar-refractivity contribution < 1.29 is 4.39 Å². The molecule has 1 atom stereocenters. The molecule has 0 aliphatic heterocycles. The summed E-state index contributed by atoms with van der Waals surface area (Å²) in [7, 11) is 0. The fourth-order valence-electron chi connectivity index (χ4n) is 2.01. The minimum absolute atomic E-state index is 0.115. The molecule has 4 heteroatoms. The third-order valence-electron chi connectivity index (χ3n) is 3.06. The predicted octanol–water partition coefficient (Wildman–Crippen LogP) is 4.55. The summed E-state index contributed by atoms with van der Waals surface area (Å²) >= 11 is 11.6. The predicted molar refractivity (Wildman–Crippen MR) is 78.1 cm³/mol. The summed E-state index contributed by atoms with van der Waals surface area (Å²) in [6.45, 7) is 1.92. The lowest BCUT2D eigenvalue weighted by molar-refractivity contribution is 0.491. The first-order valence-corrected chi connectivity index (χ1v) is 6.63. The molecule has 0 aliphatic rings. The van der Waals surface area contributed by atoms with Gasteiger partial charge in [0.2, 0.25) is 0 Å². The molecule has 0 radical (unpaired) electrons. The Bertz CT molecular complexity index is 579. The Labute approximate surface area is 122 Å². The maximum Gasteiger partial charge on any atom is 0.141 e. The van der Waals surface area contributed by atoms with Gasteiger partial charge in [0.15, 0.2) is 0 Å². The van der Waals surface area contributed by atoms with Crippen LogP contribution in [0, 0.1) is 5.82 Å². The Hall–Kier alpha value is -1.09. The summed E-state index contributed by atoms with van der Waals surface area (Å²) in [6.07, 6.45) is 0.564. The van der Waals surface area contributed by atoms with E-state index in [1.165, 1.54) is 6.07 Å². The minimum atomic E-state index is -0.564. The molecule has 0 saturated carbocycles. The molecular formula is C15H14Cl2FN. The second-order valence-corrected chi connectivity index (χ2v) is 5.69. The molecule has 0 saturated heterocycles. The highest BCUT2D eigenvalue weighted by Gasteiger charge is 2.22. The molecular weight excluding hydrogens is 284 g/mol. The molecule has 2 rings (SSSR count). The zero-order chi connectivity index (χ0) is 14.0. The number of hydrogen-bond acceptors (Lipinski definition) is 1. The Morgan fingerprint density at radius 1 is 1.11 bits per heavy atom. The van der Waals surface area contributed by atoms with E-state index in [0.29, 0.717) is 11.4 Å². The summed E-state index contributed by atoms with van der Waals surface area (Å²) in [5, 5.41) is 0.786. The van der Waals surface area contributed by atoms with Gasteiger partial charge in [0.05, 0.1) is 5.02 Å². The van der Waals surface area contributed by atoms with Crippen LogP contribution in [-0.4, -0.2) is 0 Å². The summed E-state index contributed by atoms with van der Waals surface area (Å²) in [6, 6.07) is 12.1. The standard InChI is InChI=1S/C15H14Cl2FN/c1-15(19,11-3-5-12(16)6-4-11)9-10-2-7-14(18)13(17)8-10/h2-8H,9,19H2,1H3. The van der Waals surface area contributed by atoms with E-state index in [-0.39, 0.29) is 5.02 Å². The minimum Gasteiger partial charge on any atom is -0.321 e. The van der Waals surface area contributed by atoms with E-state index in [2.05, 4.69) is 0 Å². The lowest BCUT2D eigenvalue weighted by Crippen LogP contribution is -2.35. The van der Waals surface area contributed by atoms with Gasteiger partial charge in [-0.1, -0.05) is 41.4 Å². The van der Waals surface area contributed by atoms with Crippen LogP contribution in [-0.2, 0) is 12.0 Å². The molecule has 0 aliphatic carbocycles. The molecule has 0 amide bonds. The van der Waals surface area contributed by atoms with Crippen LogP contribution >= 0.6 is 23.2 Å². The van der Waals surface area contributed by atoms with Gasteiger partial charge in [-0.15, -0.1) is 0 Å². The van der Waals surface area contributed by atoms with Crippen molar-refractivity contribution in [2.75, 3.05) is 0 Å². The molecule has 0 aromatic heterocycles. The van der Waals surface area contributed by atoms with Crippen molar-refractivity contribution in [1.29, 1.82) is 0 Å². The fourth-order valence-corrected chi connectivity index (χ4v) is 2.34. The second-order valence-electron chi connectivity index (χ2n) is 4.85. The van der Waals surface area contributed by atoms with Crippen LogP contribution in [0.25, 0.3) is 0 Å². The van der Waals surface area contributed by atoms with Crippen molar-refractivity contribution in [1.82, 2.24) is 0 Å². The first-order chi connectivity index (χ1) is 8.88. The van der Waals surface area contributed by atoms with Gasteiger partial charge in [0.25, 0.3) is 0 Å². The molecule has 0 spiro atoms. The van der Waals surface area contributed by atoms with Crippen molar-refractivity contribution in [3.05, 3.63) is 69.5 Å². The van der Waals surface area contributed by atoms with Gasteiger partial charge >= 0.3 is 0 Å². The number of benzene rings is 2. The monoisotopic (exact) mass is 297 g/mol. The first kappa shape index (κ1) is 14.3. The maximum atomic E-state index is 13.1. The summed E-state index contributed by atoms with van der Waals surface area (Å²) < 4.78 is 13.1. The molecule has 2 aromatic carbocycles. The maximum absolute atomic E-state index is 13.1. The van der Waals surface area contributed by atoms with Crippen LogP contribution in [0.5, 0.6) is 0 Å². The molecule has 2 aromatic rings. The average Bonchev–Trinajstić information content (AvgIpc) is 2.34. The molecule has 0 fully saturated rings. The first-order valence-electron chi connectivity index (χ1n) is 5.87. The van der Waals surface area contributed by atoms with Crippen LogP contribution in [0.2, 0.25) is 10.0 Å².